The number of likely N-dealkylation sites (tertiary alicyclic amines) is 1. The molecular formula is C21H30FN3O2. The predicted molar refractivity (Wildman–Crippen MR) is 103 cm³/mol. The topological polar surface area (TPSA) is 61.4 Å². The lowest BCUT2D eigenvalue weighted by atomic mass is 9.57. The van der Waals surface area contributed by atoms with Gasteiger partial charge in [0.2, 0.25) is 11.8 Å². The molecule has 148 valence electrons. The summed E-state index contributed by atoms with van der Waals surface area (Å²) in [5.41, 5.74) is 0.990. The maximum Gasteiger partial charge on any atom is 0.234 e. The smallest absolute Gasteiger partial charge is 0.234 e. The molecule has 1 spiro atoms. The van der Waals surface area contributed by atoms with Crippen LogP contribution in [-0.2, 0) is 16.0 Å². The summed E-state index contributed by atoms with van der Waals surface area (Å²) < 4.78 is 12.9. The van der Waals surface area contributed by atoms with Crippen molar-refractivity contribution in [2.75, 3.05) is 26.2 Å². The van der Waals surface area contributed by atoms with Crippen molar-refractivity contribution >= 4 is 11.8 Å². The highest BCUT2D eigenvalue weighted by Crippen LogP contribution is 2.51. The van der Waals surface area contributed by atoms with Crippen LogP contribution in [0, 0.1) is 17.2 Å². The standard InChI is InChI=1S/C21H30FN3O2/c1-20(2,3)24-19(27)12-25-13-21(14-25)9-16(10-21)11-23-18(26)8-15-4-6-17(22)7-5-15/h4-7,16H,8-14H2,1-3H3,(H,23,26)(H,24,27). The summed E-state index contributed by atoms with van der Waals surface area (Å²) in [6, 6.07) is 6.04. The second-order valence-electron chi connectivity index (χ2n) is 9.32. The second kappa shape index (κ2) is 7.58. The fraction of sp³-hybridized carbons (Fsp3) is 0.619. The SMILES string of the molecule is CC(C)(C)NC(=O)CN1CC2(CC(CNC(=O)Cc3ccc(F)cc3)C2)C1. The molecule has 0 aromatic heterocycles. The van der Waals surface area contributed by atoms with Gasteiger partial charge in [-0.1, -0.05) is 12.1 Å². The molecular weight excluding hydrogens is 345 g/mol. The minimum absolute atomic E-state index is 0.0170. The van der Waals surface area contributed by atoms with Crippen molar-refractivity contribution in [2.24, 2.45) is 11.3 Å². The molecule has 1 saturated heterocycles. The van der Waals surface area contributed by atoms with E-state index in [1.165, 1.54) is 12.1 Å². The van der Waals surface area contributed by atoms with Crippen LogP contribution in [0.5, 0.6) is 0 Å². The molecule has 1 heterocycles. The van der Waals surface area contributed by atoms with Crippen molar-refractivity contribution in [1.82, 2.24) is 15.5 Å². The third kappa shape index (κ3) is 5.51. The molecule has 2 aliphatic rings. The van der Waals surface area contributed by atoms with E-state index in [0.29, 0.717) is 24.4 Å². The zero-order chi connectivity index (χ0) is 19.7. The van der Waals surface area contributed by atoms with Crippen molar-refractivity contribution < 1.29 is 14.0 Å². The minimum Gasteiger partial charge on any atom is -0.356 e. The number of benzene rings is 1. The summed E-state index contributed by atoms with van der Waals surface area (Å²) in [6.45, 7) is 9.09. The molecule has 3 rings (SSSR count). The van der Waals surface area contributed by atoms with E-state index < -0.39 is 0 Å². The van der Waals surface area contributed by atoms with Crippen molar-refractivity contribution in [2.45, 2.75) is 45.6 Å². The van der Waals surface area contributed by atoms with E-state index in [0.717, 1.165) is 31.5 Å². The summed E-state index contributed by atoms with van der Waals surface area (Å²) in [7, 11) is 0. The van der Waals surface area contributed by atoms with E-state index in [-0.39, 0.29) is 29.6 Å². The van der Waals surface area contributed by atoms with Gasteiger partial charge in [0.1, 0.15) is 5.82 Å². The number of carbonyl (C=O) groups is 2. The molecule has 1 aromatic rings. The largest absolute Gasteiger partial charge is 0.356 e. The van der Waals surface area contributed by atoms with Crippen LogP contribution >= 0.6 is 0 Å². The Balaban J connectivity index is 1.30. The Morgan fingerprint density at radius 2 is 1.78 bits per heavy atom. The monoisotopic (exact) mass is 375 g/mol. The predicted octanol–water partition coefficient (Wildman–Crippen LogP) is 2.11. The third-order valence-electron chi connectivity index (χ3n) is 5.31. The number of rotatable bonds is 6. The van der Waals surface area contributed by atoms with Crippen LogP contribution in [0.25, 0.3) is 0 Å². The lowest BCUT2D eigenvalue weighted by molar-refractivity contribution is -0.134. The number of nitrogens with one attached hydrogen (secondary N) is 2. The van der Waals surface area contributed by atoms with Crippen LogP contribution < -0.4 is 10.6 Å². The molecule has 27 heavy (non-hydrogen) atoms. The highest BCUT2D eigenvalue weighted by molar-refractivity contribution is 5.79. The first kappa shape index (κ1) is 19.8. The number of nitrogens with zero attached hydrogens (tertiary/aromatic N) is 1. The van der Waals surface area contributed by atoms with E-state index in [2.05, 4.69) is 15.5 Å². The Hall–Kier alpha value is -1.95. The van der Waals surface area contributed by atoms with Gasteiger partial charge in [-0.05, 0) is 62.6 Å². The molecule has 1 aliphatic carbocycles. The van der Waals surface area contributed by atoms with Gasteiger partial charge in [0.15, 0.2) is 0 Å². The number of carbonyl (C=O) groups excluding carboxylic acids is 2. The van der Waals surface area contributed by atoms with Gasteiger partial charge >= 0.3 is 0 Å². The molecule has 2 amide bonds. The average molecular weight is 375 g/mol. The minimum atomic E-state index is -0.288. The quantitative estimate of drug-likeness (QED) is 0.801. The number of hydrogen-bond donors (Lipinski definition) is 2. The van der Waals surface area contributed by atoms with Gasteiger partial charge in [0.05, 0.1) is 13.0 Å². The van der Waals surface area contributed by atoms with Crippen molar-refractivity contribution in [3.8, 4) is 0 Å². The van der Waals surface area contributed by atoms with Gasteiger partial charge in [0, 0.05) is 25.2 Å². The van der Waals surface area contributed by atoms with E-state index in [1.54, 1.807) is 12.1 Å². The molecule has 0 radical (unpaired) electrons. The normalized spacial score (nSPS) is 19.3. The molecule has 1 aromatic carbocycles. The third-order valence-corrected chi connectivity index (χ3v) is 5.31. The van der Waals surface area contributed by atoms with Crippen LogP contribution in [0.15, 0.2) is 24.3 Å². The van der Waals surface area contributed by atoms with E-state index in [4.69, 9.17) is 0 Å². The first-order chi connectivity index (χ1) is 12.6. The van der Waals surface area contributed by atoms with Crippen molar-refractivity contribution in [3.05, 3.63) is 35.6 Å². The number of halogens is 1. The first-order valence-electron chi connectivity index (χ1n) is 9.67. The fourth-order valence-corrected chi connectivity index (χ4v) is 4.35. The summed E-state index contributed by atoms with van der Waals surface area (Å²) in [4.78, 5) is 26.2. The van der Waals surface area contributed by atoms with Crippen LogP contribution in [0.2, 0.25) is 0 Å². The highest BCUT2D eigenvalue weighted by atomic mass is 19.1. The lowest BCUT2D eigenvalue weighted by Crippen LogP contribution is -2.64. The van der Waals surface area contributed by atoms with Crippen LogP contribution in [0.1, 0.15) is 39.2 Å². The highest BCUT2D eigenvalue weighted by Gasteiger charge is 2.52. The summed E-state index contributed by atoms with van der Waals surface area (Å²) >= 11 is 0. The van der Waals surface area contributed by atoms with E-state index in [1.807, 2.05) is 20.8 Å². The van der Waals surface area contributed by atoms with Gasteiger partial charge in [-0.3, -0.25) is 14.5 Å². The first-order valence-corrected chi connectivity index (χ1v) is 9.67. The van der Waals surface area contributed by atoms with E-state index >= 15 is 0 Å². The molecule has 5 nitrogen and oxygen atoms in total. The molecule has 1 aliphatic heterocycles. The molecule has 6 heteroatoms. The molecule has 0 bridgehead atoms. The maximum absolute atomic E-state index is 12.9. The van der Waals surface area contributed by atoms with Gasteiger partial charge in [-0.2, -0.15) is 0 Å². The van der Waals surface area contributed by atoms with Crippen LogP contribution in [0.4, 0.5) is 4.39 Å². The Bertz CT molecular complexity index is 682. The summed E-state index contributed by atoms with van der Waals surface area (Å²) in [5, 5.41) is 5.99. The van der Waals surface area contributed by atoms with Gasteiger partial charge in [-0.25, -0.2) is 4.39 Å². The van der Waals surface area contributed by atoms with Crippen molar-refractivity contribution in [3.63, 3.8) is 0 Å². The molecule has 1 saturated carbocycles. The van der Waals surface area contributed by atoms with E-state index in [9.17, 15) is 14.0 Å². The Morgan fingerprint density at radius 3 is 2.37 bits per heavy atom. The zero-order valence-electron chi connectivity index (χ0n) is 16.5. The molecule has 2 N–H and O–H groups in total. The van der Waals surface area contributed by atoms with Gasteiger partial charge in [-0.15, -0.1) is 0 Å². The second-order valence-corrected chi connectivity index (χ2v) is 9.32. The summed E-state index contributed by atoms with van der Waals surface area (Å²) in [6.07, 6.45) is 2.51. The Kier molecular flexibility index (Phi) is 5.56. The zero-order valence-corrected chi connectivity index (χ0v) is 16.5. The van der Waals surface area contributed by atoms with Gasteiger partial charge < -0.3 is 10.6 Å². The Morgan fingerprint density at radius 1 is 1.15 bits per heavy atom. The molecule has 0 unspecified atom stereocenters. The number of amides is 2. The average Bonchev–Trinajstić information content (AvgIpc) is 2.47. The van der Waals surface area contributed by atoms with Crippen molar-refractivity contribution in [1.29, 1.82) is 0 Å². The molecule has 2 fully saturated rings. The van der Waals surface area contributed by atoms with Crippen LogP contribution in [0.3, 0.4) is 0 Å². The van der Waals surface area contributed by atoms with Gasteiger partial charge in [0.25, 0.3) is 0 Å². The lowest BCUT2D eigenvalue weighted by Gasteiger charge is -2.59. The maximum atomic E-state index is 12.9. The Labute approximate surface area is 160 Å². The fourth-order valence-electron chi connectivity index (χ4n) is 4.35. The molecule has 0 atom stereocenters. The summed E-state index contributed by atoms with van der Waals surface area (Å²) in [5.74, 6) is 0.301. The number of hydrogen-bond acceptors (Lipinski definition) is 3. The van der Waals surface area contributed by atoms with Crippen LogP contribution in [-0.4, -0.2) is 48.4 Å².